The van der Waals surface area contributed by atoms with Gasteiger partial charge in [-0.3, -0.25) is 0 Å². The molecule has 0 aliphatic carbocycles. The van der Waals surface area contributed by atoms with Crippen molar-refractivity contribution >= 4 is 28.8 Å². The minimum absolute atomic E-state index is 0.0917. The summed E-state index contributed by atoms with van der Waals surface area (Å²) in [5.74, 6) is 0.735. The van der Waals surface area contributed by atoms with Crippen LogP contribution in [0, 0.1) is 5.92 Å². The number of rotatable bonds is 5. The number of ether oxygens (including phenoxy) is 1. The predicted octanol–water partition coefficient (Wildman–Crippen LogP) is 1.98. The zero-order valence-corrected chi connectivity index (χ0v) is 10.5. The lowest BCUT2D eigenvalue weighted by Gasteiger charge is -2.11. The van der Waals surface area contributed by atoms with Gasteiger partial charge < -0.3 is 15.6 Å². The van der Waals surface area contributed by atoms with Crippen LogP contribution < -0.4 is 10.5 Å². The van der Waals surface area contributed by atoms with Crippen molar-refractivity contribution in [3.63, 3.8) is 0 Å². The molecule has 0 heterocycles. The number of nitrogens with two attached hydrogens (primary N) is 1. The Balaban J connectivity index is 2.70. The van der Waals surface area contributed by atoms with Crippen molar-refractivity contribution in [2.45, 2.75) is 6.92 Å². The molecule has 1 aromatic carbocycles. The first kappa shape index (κ1) is 13.2. The summed E-state index contributed by atoms with van der Waals surface area (Å²) in [6, 6.07) is 5.15. The molecule has 88 valence electrons. The van der Waals surface area contributed by atoms with Gasteiger partial charge in [0.1, 0.15) is 10.7 Å². The van der Waals surface area contributed by atoms with Gasteiger partial charge in [-0.25, -0.2) is 0 Å². The molecule has 0 radical (unpaired) electrons. The van der Waals surface area contributed by atoms with Crippen LogP contribution >= 0.6 is 23.8 Å². The number of thiocarbonyl (C=S) groups is 1. The van der Waals surface area contributed by atoms with Crippen LogP contribution in [0.1, 0.15) is 12.5 Å². The fourth-order valence-electron chi connectivity index (χ4n) is 1.08. The monoisotopic (exact) mass is 259 g/mol. The zero-order chi connectivity index (χ0) is 12.1. The standard InChI is InChI=1S/C11H14ClNO2S/c1-7(5-14)6-15-8-2-3-9(11(13)16)10(12)4-8/h2-4,7,14H,5-6H2,1H3,(H2,13,16). The second-order valence-electron chi connectivity index (χ2n) is 3.60. The predicted molar refractivity (Wildman–Crippen MR) is 69.1 cm³/mol. The number of aliphatic hydroxyl groups is 1. The van der Waals surface area contributed by atoms with Gasteiger partial charge in [-0.2, -0.15) is 0 Å². The molecule has 0 aliphatic heterocycles. The van der Waals surface area contributed by atoms with E-state index in [1.165, 1.54) is 0 Å². The van der Waals surface area contributed by atoms with Gasteiger partial charge in [-0.1, -0.05) is 30.7 Å². The average Bonchev–Trinajstić information content (AvgIpc) is 2.25. The third-order valence-corrected chi connectivity index (χ3v) is 2.58. The number of halogens is 1. The van der Waals surface area contributed by atoms with E-state index in [-0.39, 0.29) is 17.5 Å². The summed E-state index contributed by atoms with van der Waals surface area (Å²) in [4.78, 5) is 0.264. The van der Waals surface area contributed by atoms with Gasteiger partial charge in [0, 0.05) is 18.1 Å². The quantitative estimate of drug-likeness (QED) is 0.794. The van der Waals surface area contributed by atoms with E-state index in [0.29, 0.717) is 22.9 Å². The molecule has 3 N–H and O–H groups in total. The third-order valence-electron chi connectivity index (χ3n) is 2.05. The Morgan fingerprint density at radius 2 is 2.31 bits per heavy atom. The fraction of sp³-hybridized carbons (Fsp3) is 0.364. The number of hydrogen-bond donors (Lipinski definition) is 2. The third kappa shape index (κ3) is 3.63. The zero-order valence-electron chi connectivity index (χ0n) is 8.94. The molecule has 0 amide bonds. The van der Waals surface area contributed by atoms with Gasteiger partial charge in [-0.15, -0.1) is 0 Å². The first-order chi connectivity index (χ1) is 7.54. The van der Waals surface area contributed by atoms with Gasteiger partial charge in [0.25, 0.3) is 0 Å². The van der Waals surface area contributed by atoms with Crippen LogP contribution in [-0.4, -0.2) is 23.3 Å². The maximum Gasteiger partial charge on any atom is 0.120 e. The minimum Gasteiger partial charge on any atom is -0.493 e. The Hall–Kier alpha value is -0.840. The van der Waals surface area contributed by atoms with Gasteiger partial charge >= 0.3 is 0 Å². The lowest BCUT2D eigenvalue weighted by molar-refractivity contribution is 0.174. The molecule has 3 nitrogen and oxygen atoms in total. The molecule has 0 bridgehead atoms. The largest absolute Gasteiger partial charge is 0.493 e. The van der Waals surface area contributed by atoms with E-state index in [2.05, 4.69) is 0 Å². The van der Waals surface area contributed by atoms with E-state index in [0.717, 1.165) is 0 Å². The summed E-state index contributed by atoms with van der Waals surface area (Å²) in [6.45, 7) is 2.43. The van der Waals surface area contributed by atoms with Gasteiger partial charge in [-0.05, 0) is 18.2 Å². The fourth-order valence-corrected chi connectivity index (χ4v) is 1.58. The highest BCUT2D eigenvalue weighted by molar-refractivity contribution is 7.80. The van der Waals surface area contributed by atoms with Crippen LogP contribution in [0.3, 0.4) is 0 Å². The molecule has 5 heteroatoms. The van der Waals surface area contributed by atoms with E-state index in [1.807, 2.05) is 6.92 Å². The molecule has 0 spiro atoms. The first-order valence-electron chi connectivity index (χ1n) is 4.87. The van der Waals surface area contributed by atoms with Crippen LogP contribution in [0.5, 0.6) is 5.75 Å². The van der Waals surface area contributed by atoms with Gasteiger partial charge in [0.2, 0.25) is 0 Å². The maximum absolute atomic E-state index is 8.84. The molecule has 1 rings (SSSR count). The van der Waals surface area contributed by atoms with Crippen LogP contribution in [0.25, 0.3) is 0 Å². The Labute approximate surface area is 105 Å². The van der Waals surface area contributed by atoms with E-state index in [1.54, 1.807) is 18.2 Å². The van der Waals surface area contributed by atoms with Crippen molar-refractivity contribution < 1.29 is 9.84 Å². The van der Waals surface area contributed by atoms with E-state index in [4.69, 9.17) is 39.4 Å². The highest BCUT2D eigenvalue weighted by Gasteiger charge is 2.06. The summed E-state index contributed by atoms with van der Waals surface area (Å²) in [5, 5.41) is 9.32. The van der Waals surface area contributed by atoms with E-state index < -0.39 is 0 Å². The minimum atomic E-state index is 0.0917. The van der Waals surface area contributed by atoms with Crippen LogP contribution in [0.15, 0.2) is 18.2 Å². The number of benzene rings is 1. The average molecular weight is 260 g/mol. The highest BCUT2D eigenvalue weighted by atomic mass is 35.5. The van der Waals surface area contributed by atoms with Crippen molar-refractivity contribution in [2.24, 2.45) is 11.7 Å². The summed E-state index contributed by atoms with van der Waals surface area (Å²) in [7, 11) is 0. The van der Waals surface area contributed by atoms with E-state index in [9.17, 15) is 0 Å². The topological polar surface area (TPSA) is 55.5 Å². The molecule has 0 saturated heterocycles. The second kappa shape index (κ2) is 6.03. The Bertz CT molecular complexity index is 384. The lowest BCUT2D eigenvalue weighted by atomic mass is 10.2. The summed E-state index contributed by atoms with van der Waals surface area (Å²) in [5.41, 5.74) is 6.12. The molecule has 16 heavy (non-hydrogen) atoms. The summed E-state index contributed by atoms with van der Waals surface area (Å²) in [6.07, 6.45) is 0. The Morgan fingerprint density at radius 1 is 1.62 bits per heavy atom. The molecule has 0 saturated carbocycles. The Morgan fingerprint density at radius 3 is 2.81 bits per heavy atom. The summed E-state index contributed by atoms with van der Waals surface area (Å²) < 4.78 is 5.45. The SMILES string of the molecule is CC(CO)COc1ccc(C(N)=S)c(Cl)c1. The molecule has 0 aliphatic rings. The summed E-state index contributed by atoms with van der Waals surface area (Å²) >= 11 is 10.8. The normalized spacial score (nSPS) is 12.2. The molecular formula is C11H14ClNO2S. The van der Waals surface area contributed by atoms with Gasteiger partial charge in [0.05, 0.1) is 11.6 Å². The van der Waals surface area contributed by atoms with Crippen molar-refractivity contribution in [2.75, 3.05) is 13.2 Å². The smallest absolute Gasteiger partial charge is 0.120 e. The first-order valence-corrected chi connectivity index (χ1v) is 5.66. The van der Waals surface area contributed by atoms with Crippen molar-refractivity contribution in [1.29, 1.82) is 0 Å². The van der Waals surface area contributed by atoms with Crippen molar-refractivity contribution in [3.8, 4) is 5.75 Å². The highest BCUT2D eigenvalue weighted by Crippen LogP contribution is 2.22. The molecular weight excluding hydrogens is 246 g/mol. The van der Waals surface area contributed by atoms with Gasteiger partial charge in [0.15, 0.2) is 0 Å². The maximum atomic E-state index is 8.84. The van der Waals surface area contributed by atoms with Crippen LogP contribution in [0.4, 0.5) is 0 Å². The lowest BCUT2D eigenvalue weighted by Crippen LogP contribution is -2.13. The van der Waals surface area contributed by atoms with Crippen LogP contribution in [0.2, 0.25) is 5.02 Å². The number of hydrogen-bond acceptors (Lipinski definition) is 3. The van der Waals surface area contributed by atoms with E-state index >= 15 is 0 Å². The molecule has 1 aromatic rings. The molecule has 1 atom stereocenters. The van der Waals surface area contributed by atoms with Crippen LogP contribution in [-0.2, 0) is 0 Å². The number of aliphatic hydroxyl groups excluding tert-OH is 1. The Kier molecular flexibility index (Phi) is 4.99. The van der Waals surface area contributed by atoms with Crippen molar-refractivity contribution in [1.82, 2.24) is 0 Å². The molecule has 1 unspecified atom stereocenters. The van der Waals surface area contributed by atoms with Crippen molar-refractivity contribution in [3.05, 3.63) is 28.8 Å². The molecule has 0 fully saturated rings. The molecule has 0 aromatic heterocycles. The second-order valence-corrected chi connectivity index (χ2v) is 4.45.